The molecule has 2 aromatic heterocycles. The molecule has 20 heavy (non-hydrogen) atoms. The van der Waals surface area contributed by atoms with Crippen LogP contribution in [0.4, 0.5) is 5.13 Å². The molecule has 1 amide bonds. The average Bonchev–Trinajstić information content (AvgIpc) is 3.17. The predicted octanol–water partition coefficient (Wildman–Crippen LogP) is 3.01. The minimum atomic E-state index is 0.0163. The summed E-state index contributed by atoms with van der Waals surface area (Å²) >= 11 is 3.08. The summed E-state index contributed by atoms with van der Waals surface area (Å²) in [5.41, 5.74) is 0.530. The molecule has 0 bridgehead atoms. The lowest BCUT2D eigenvalue weighted by atomic mass is 10.0. The van der Waals surface area contributed by atoms with Crippen molar-refractivity contribution in [2.24, 2.45) is 0 Å². The molecule has 0 radical (unpaired) electrons. The number of carbonyl (C=O) groups is 1. The maximum absolute atomic E-state index is 12.7. The van der Waals surface area contributed by atoms with Gasteiger partial charge in [-0.15, -0.1) is 22.7 Å². The number of amides is 1. The summed E-state index contributed by atoms with van der Waals surface area (Å²) in [5.74, 6) is 0.0163. The van der Waals surface area contributed by atoms with Gasteiger partial charge in [0.2, 0.25) is 0 Å². The molecule has 1 fully saturated rings. The van der Waals surface area contributed by atoms with Crippen molar-refractivity contribution in [2.75, 3.05) is 18.9 Å². The van der Waals surface area contributed by atoms with Crippen LogP contribution in [0.5, 0.6) is 0 Å². The second-order valence-corrected chi connectivity index (χ2v) is 6.45. The van der Waals surface area contributed by atoms with Crippen LogP contribution in [0, 0.1) is 0 Å². The summed E-state index contributed by atoms with van der Waals surface area (Å²) in [7, 11) is 1.81. The standard InChI is InChI=1S/C13H16N4OS2/c1-14-13-16-9(8-20-13)12(18)17-6-3-2-4-10(17)11-15-5-7-19-11/h5,7-8,10H,2-4,6H2,1H3,(H,14,16). The third-order valence-corrected chi connectivity index (χ3v) is 5.17. The molecular weight excluding hydrogens is 292 g/mol. The van der Waals surface area contributed by atoms with Gasteiger partial charge in [0.1, 0.15) is 10.7 Å². The second-order valence-electron chi connectivity index (χ2n) is 4.67. The summed E-state index contributed by atoms with van der Waals surface area (Å²) in [4.78, 5) is 23.3. The summed E-state index contributed by atoms with van der Waals surface area (Å²) in [6.45, 7) is 0.787. The van der Waals surface area contributed by atoms with E-state index in [1.54, 1.807) is 17.5 Å². The fraction of sp³-hybridized carbons (Fsp3) is 0.462. The van der Waals surface area contributed by atoms with Gasteiger partial charge in [-0.05, 0) is 19.3 Å². The van der Waals surface area contributed by atoms with Gasteiger partial charge in [-0.3, -0.25) is 4.79 Å². The second kappa shape index (κ2) is 5.88. The van der Waals surface area contributed by atoms with E-state index in [4.69, 9.17) is 0 Å². The Bertz CT molecular complexity index is 581. The quantitative estimate of drug-likeness (QED) is 0.947. The first-order chi connectivity index (χ1) is 9.79. The van der Waals surface area contributed by atoms with Crippen LogP contribution in [0.1, 0.15) is 40.8 Å². The highest BCUT2D eigenvalue weighted by Gasteiger charge is 2.31. The zero-order chi connectivity index (χ0) is 13.9. The Balaban J connectivity index is 1.84. The molecular formula is C13H16N4OS2. The molecule has 0 aromatic carbocycles. The van der Waals surface area contributed by atoms with Crippen molar-refractivity contribution in [2.45, 2.75) is 25.3 Å². The van der Waals surface area contributed by atoms with E-state index in [2.05, 4.69) is 15.3 Å². The van der Waals surface area contributed by atoms with Gasteiger partial charge in [-0.1, -0.05) is 0 Å². The van der Waals surface area contributed by atoms with Crippen LogP contribution < -0.4 is 5.32 Å². The molecule has 1 saturated heterocycles. The smallest absolute Gasteiger partial charge is 0.274 e. The highest BCUT2D eigenvalue weighted by Crippen LogP contribution is 2.33. The van der Waals surface area contributed by atoms with Crippen molar-refractivity contribution in [3.63, 3.8) is 0 Å². The summed E-state index contributed by atoms with van der Waals surface area (Å²) in [6.07, 6.45) is 4.99. The highest BCUT2D eigenvalue weighted by atomic mass is 32.1. The fourth-order valence-electron chi connectivity index (χ4n) is 2.46. The van der Waals surface area contributed by atoms with Gasteiger partial charge in [-0.25, -0.2) is 9.97 Å². The molecule has 3 rings (SSSR count). The van der Waals surface area contributed by atoms with Crippen LogP contribution in [0.2, 0.25) is 0 Å². The van der Waals surface area contributed by atoms with E-state index in [9.17, 15) is 4.79 Å². The number of anilines is 1. The van der Waals surface area contributed by atoms with Gasteiger partial charge in [0.25, 0.3) is 5.91 Å². The molecule has 0 aliphatic carbocycles. The van der Waals surface area contributed by atoms with E-state index in [-0.39, 0.29) is 11.9 Å². The Labute approximate surface area is 125 Å². The number of piperidine rings is 1. The number of hydrogen-bond donors (Lipinski definition) is 1. The minimum absolute atomic E-state index is 0.0163. The lowest BCUT2D eigenvalue weighted by Crippen LogP contribution is -2.38. The molecule has 2 aromatic rings. The molecule has 0 spiro atoms. The van der Waals surface area contributed by atoms with Crippen molar-refractivity contribution >= 4 is 33.7 Å². The van der Waals surface area contributed by atoms with Crippen molar-refractivity contribution in [1.29, 1.82) is 0 Å². The van der Waals surface area contributed by atoms with Crippen molar-refractivity contribution in [3.05, 3.63) is 27.7 Å². The van der Waals surface area contributed by atoms with Crippen LogP contribution in [0.15, 0.2) is 17.0 Å². The fourth-order valence-corrected chi connectivity index (χ4v) is 3.90. The number of aromatic nitrogens is 2. The van der Waals surface area contributed by atoms with Crippen LogP contribution >= 0.6 is 22.7 Å². The molecule has 1 unspecified atom stereocenters. The number of carbonyl (C=O) groups excluding carboxylic acids is 1. The van der Waals surface area contributed by atoms with Crippen molar-refractivity contribution in [1.82, 2.24) is 14.9 Å². The predicted molar refractivity (Wildman–Crippen MR) is 81.4 cm³/mol. The van der Waals surface area contributed by atoms with Crippen LogP contribution in [-0.4, -0.2) is 34.4 Å². The molecule has 106 valence electrons. The average molecular weight is 308 g/mol. The van der Waals surface area contributed by atoms with Crippen LogP contribution in [0.3, 0.4) is 0 Å². The minimum Gasteiger partial charge on any atom is -0.365 e. The summed E-state index contributed by atoms with van der Waals surface area (Å²) in [5, 5.41) is 8.56. The zero-order valence-electron chi connectivity index (χ0n) is 11.2. The lowest BCUT2D eigenvalue weighted by Gasteiger charge is -2.34. The number of thiazole rings is 2. The number of nitrogens with zero attached hydrogens (tertiary/aromatic N) is 3. The van der Waals surface area contributed by atoms with Crippen LogP contribution in [0.25, 0.3) is 0 Å². The number of rotatable bonds is 3. The molecule has 0 saturated carbocycles. The van der Waals surface area contributed by atoms with Gasteiger partial charge < -0.3 is 10.2 Å². The SMILES string of the molecule is CNc1nc(C(=O)N2CCCCC2c2nccs2)cs1. The number of nitrogens with one attached hydrogen (secondary N) is 1. The molecule has 1 aliphatic rings. The number of likely N-dealkylation sites (tertiary alicyclic amines) is 1. The first-order valence-corrected chi connectivity index (χ1v) is 8.39. The molecule has 7 heteroatoms. The maximum Gasteiger partial charge on any atom is 0.274 e. The first kappa shape index (κ1) is 13.5. The monoisotopic (exact) mass is 308 g/mol. The molecule has 1 aliphatic heterocycles. The van der Waals surface area contributed by atoms with Crippen molar-refractivity contribution < 1.29 is 4.79 Å². The normalized spacial score (nSPS) is 19.1. The Morgan fingerprint density at radius 3 is 3.05 bits per heavy atom. The third-order valence-electron chi connectivity index (χ3n) is 3.44. The van der Waals surface area contributed by atoms with Gasteiger partial charge in [0, 0.05) is 30.5 Å². The van der Waals surface area contributed by atoms with E-state index in [1.807, 2.05) is 22.7 Å². The topological polar surface area (TPSA) is 58.1 Å². The Morgan fingerprint density at radius 2 is 2.35 bits per heavy atom. The van der Waals surface area contributed by atoms with Gasteiger partial charge in [0.15, 0.2) is 5.13 Å². The largest absolute Gasteiger partial charge is 0.365 e. The van der Waals surface area contributed by atoms with Gasteiger partial charge in [0.05, 0.1) is 6.04 Å². The molecule has 1 N–H and O–H groups in total. The van der Waals surface area contributed by atoms with E-state index >= 15 is 0 Å². The van der Waals surface area contributed by atoms with E-state index in [0.717, 1.165) is 35.9 Å². The van der Waals surface area contributed by atoms with E-state index in [1.165, 1.54) is 11.3 Å². The Morgan fingerprint density at radius 1 is 1.45 bits per heavy atom. The maximum atomic E-state index is 12.7. The molecule has 1 atom stereocenters. The lowest BCUT2D eigenvalue weighted by molar-refractivity contribution is 0.0606. The molecule has 3 heterocycles. The van der Waals surface area contributed by atoms with E-state index in [0.29, 0.717) is 5.69 Å². The van der Waals surface area contributed by atoms with Gasteiger partial charge in [-0.2, -0.15) is 0 Å². The third kappa shape index (κ3) is 2.55. The summed E-state index contributed by atoms with van der Waals surface area (Å²) < 4.78 is 0. The first-order valence-electron chi connectivity index (χ1n) is 6.63. The zero-order valence-corrected chi connectivity index (χ0v) is 12.8. The number of hydrogen-bond acceptors (Lipinski definition) is 6. The Kier molecular flexibility index (Phi) is 3.98. The Hall–Kier alpha value is -1.47. The summed E-state index contributed by atoms with van der Waals surface area (Å²) in [6, 6.07) is 0.107. The van der Waals surface area contributed by atoms with Gasteiger partial charge >= 0.3 is 0 Å². The van der Waals surface area contributed by atoms with Crippen molar-refractivity contribution in [3.8, 4) is 0 Å². The highest BCUT2D eigenvalue weighted by molar-refractivity contribution is 7.13. The van der Waals surface area contributed by atoms with Crippen LogP contribution in [-0.2, 0) is 0 Å². The molecule has 5 nitrogen and oxygen atoms in total. The van der Waals surface area contributed by atoms with E-state index < -0.39 is 0 Å².